The van der Waals surface area contributed by atoms with Gasteiger partial charge >= 0.3 is 12.3 Å². The number of carbonyl (C=O) groups excluding carboxylic acids is 1. The van der Waals surface area contributed by atoms with Gasteiger partial charge in [-0.3, -0.25) is 14.6 Å². The molecule has 0 atom stereocenters. The van der Waals surface area contributed by atoms with E-state index in [-0.39, 0.29) is 16.2 Å². The number of nitrogens with zero attached hydrogens (tertiary/aromatic N) is 3. The van der Waals surface area contributed by atoms with Crippen LogP contribution in [0.15, 0.2) is 54.9 Å². The highest BCUT2D eigenvalue weighted by Crippen LogP contribution is 2.33. The fraction of sp³-hybridized carbons (Fsp3) is 0.259. The Hall–Kier alpha value is -4.21. The molecule has 0 radical (unpaired) electrons. The summed E-state index contributed by atoms with van der Waals surface area (Å²) in [5.41, 5.74) is 2.82. The SMILES string of the molecule is Cc1cc(CC(C)(C)C(=O)O)cc(C)c1-c1nc2ccc(C(=O)N(c3cccnc3)C(F)(F)F)cc2[nH]1. The number of benzene rings is 2. The lowest BCUT2D eigenvalue weighted by molar-refractivity contribution is -0.146. The highest BCUT2D eigenvalue weighted by atomic mass is 19.4. The second kappa shape index (κ2) is 9.34. The summed E-state index contributed by atoms with van der Waals surface area (Å²) in [5.74, 6) is -1.63. The van der Waals surface area contributed by atoms with E-state index in [1.165, 1.54) is 30.5 Å². The molecule has 0 fully saturated rings. The molecule has 192 valence electrons. The topological polar surface area (TPSA) is 99.2 Å². The smallest absolute Gasteiger partial charge is 0.481 e. The average molecular weight is 511 g/mol. The van der Waals surface area contributed by atoms with Crippen molar-refractivity contribution in [2.45, 2.75) is 40.4 Å². The van der Waals surface area contributed by atoms with Crippen LogP contribution < -0.4 is 4.90 Å². The largest absolute Gasteiger partial charge is 0.491 e. The van der Waals surface area contributed by atoms with E-state index in [0.717, 1.165) is 34.5 Å². The van der Waals surface area contributed by atoms with Crippen molar-refractivity contribution in [3.05, 3.63) is 77.1 Å². The Balaban J connectivity index is 1.70. The Bertz CT molecular complexity index is 1470. The number of alkyl halides is 3. The van der Waals surface area contributed by atoms with Gasteiger partial charge in [0.1, 0.15) is 5.82 Å². The number of imidazole rings is 1. The summed E-state index contributed by atoms with van der Waals surface area (Å²) >= 11 is 0. The predicted octanol–water partition coefficient (Wildman–Crippen LogP) is 6.06. The lowest BCUT2D eigenvalue weighted by atomic mass is 9.84. The summed E-state index contributed by atoms with van der Waals surface area (Å²) in [5, 5.41) is 9.45. The van der Waals surface area contributed by atoms with E-state index in [1.54, 1.807) is 13.8 Å². The molecule has 0 aliphatic carbocycles. The molecule has 2 aromatic heterocycles. The lowest BCUT2D eigenvalue weighted by Crippen LogP contribution is -2.43. The molecule has 4 aromatic rings. The van der Waals surface area contributed by atoms with Crippen molar-refractivity contribution in [2.24, 2.45) is 5.41 Å². The van der Waals surface area contributed by atoms with Gasteiger partial charge in [0.25, 0.3) is 5.91 Å². The van der Waals surface area contributed by atoms with Crippen molar-refractivity contribution in [1.82, 2.24) is 15.0 Å². The molecule has 0 aliphatic rings. The first kappa shape index (κ1) is 25.9. The monoisotopic (exact) mass is 510 g/mol. The average Bonchev–Trinajstić information content (AvgIpc) is 3.20. The number of aryl methyl sites for hydroxylation is 2. The molecular weight excluding hydrogens is 485 g/mol. The van der Waals surface area contributed by atoms with Crippen molar-refractivity contribution in [3.8, 4) is 11.4 Å². The van der Waals surface area contributed by atoms with Gasteiger partial charge in [-0.05, 0) is 81.1 Å². The highest BCUT2D eigenvalue weighted by molar-refractivity contribution is 6.08. The molecule has 0 aliphatic heterocycles. The van der Waals surface area contributed by atoms with Crippen LogP contribution in [0, 0.1) is 19.3 Å². The zero-order valence-electron chi connectivity index (χ0n) is 20.6. The molecule has 0 spiro atoms. The molecule has 2 N–H and O–H groups in total. The summed E-state index contributed by atoms with van der Waals surface area (Å²) in [6.45, 7) is 7.11. The summed E-state index contributed by atoms with van der Waals surface area (Å²) in [4.78, 5) is 35.6. The number of halogens is 3. The molecular formula is C27H25F3N4O3. The maximum Gasteiger partial charge on any atom is 0.491 e. The summed E-state index contributed by atoms with van der Waals surface area (Å²) < 4.78 is 41.3. The number of hydrogen-bond acceptors (Lipinski definition) is 4. The normalized spacial score (nSPS) is 12.1. The maximum absolute atomic E-state index is 13.8. The van der Waals surface area contributed by atoms with Crippen molar-refractivity contribution in [1.29, 1.82) is 0 Å². The third kappa shape index (κ3) is 5.18. The van der Waals surface area contributed by atoms with Crippen LogP contribution in [-0.2, 0) is 11.2 Å². The van der Waals surface area contributed by atoms with Gasteiger partial charge in [-0.25, -0.2) is 9.88 Å². The van der Waals surface area contributed by atoms with E-state index in [9.17, 15) is 27.9 Å². The van der Waals surface area contributed by atoms with E-state index in [0.29, 0.717) is 23.3 Å². The number of amides is 1. The van der Waals surface area contributed by atoms with Crippen LogP contribution in [0.1, 0.15) is 40.9 Å². The van der Waals surface area contributed by atoms with Crippen LogP contribution in [0.4, 0.5) is 18.9 Å². The second-order valence-corrected chi connectivity index (χ2v) is 9.61. The fourth-order valence-corrected chi connectivity index (χ4v) is 4.37. The quantitative estimate of drug-likeness (QED) is 0.307. The number of aliphatic carboxylic acids is 1. The molecule has 2 heterocycles. The number of carboxylic acid groups (broad SMARTS) is 1. The number of aromatic amines is 1. The minimum absolute atomic E-state index is 0.163. The molecule has 0 bridgehead atoms. The van der Waals surface area contributed by atoms with Gasteiger partial charge in [-0.2, -0.15) is 0 Å². The fourth-order valence-electron chi connectivity index (χ4n) is 4.37. The Morgan fingerprint density at radius 1 is 1.05 bits per heavy atom. The number of hydrogen-bond donors (Lipinski definition) is 2. The molecule has 4 rings (SSSR count). The highest BCUT2D eigenvalue weighted by Gasteiger charge is 2.43. The molecule has 10 heteroatoms. The first-order valence-electron chi connectivity index (χ1n) is 11.4. The Morgan fingerprint density at radius 2 is 1.73 bits per heavy atom. The number of anilines is 1. The third-order valence-corrected chi connectivity index (χ3v) is 6.14. The van der Waals surface area contributed by atoms with Crippen LogP contribution in [0.25, 0.3) is 22.4 Å². The first-order chi connectivity index (χ1) is 17.3. The number of rotatable bonds is 6. The number of pyridine rings is 1. The zero-order valence-corrected chi connectivity index (χ0v) is 20.6. The predicted molar refractivity (Wildman–Crippen MR) is 133 cm³/mol. The number of fused-ring (bicyclic) bond motifs is 1. The van der Waals surface area contributed by atoms with Crippen LogP contribution in [0.3, 0.4) is 0 Å². The molecule has 2 aromatic carbocycles. The van der Waals surface area contributed by atoms with Crippen LogP contribution >= 0.6 is 0 Å². The van der Waals surface area contributed by atoms with E-state index >= 15 is 0 Å². The zero-order chi connectivity index (χ0) is 27.1. The summed E-state index contributed by atoms with van der Waals surface area (Å²) in [7, 11) is 0. The van der Waals surface area contributed by atoms with Crippen molar-refractivity contribution in [2.75, 3.05) is 4.90 Å². The van der Waals surface area contributed by atoms with Crippen molar-refractivity contribution in [3.63, 3.8) is 0 Å². The Morgan fingerprint density at radius 3 is 2.30 bits per heavy atom. The Kier molecular flexibility index (Phi) is 6.53. The third-order valence-electron chi connectivity index (χ3n) is 6.14. The van der Waals surface area contributed by atoms with Gasteiger partial charge < -0.3 is 10.1 Å². The number of carboxylic acids is 1. The second-order valence-electron chi connectivity index (χ2n) is 9.61. The standard InChI is InChI=1S/C27H25F3N4O3/c1-15-10-17(13-26(3,4)25(36)37)11-16(2)22(15)23-32-20-8-7-18(12-21(20)33-23)24(35)34(27(28,29)30)19-6-5-9-31-14-19/h5-12,14H,13H2,1-4H3,(H,32,33)(H,36,37). The van der Waals surface area contributed by atoms with Crippen LogP contribution in [-0.4, -0.2) is 38.2 Å². The minimum Gasteiger partial charge on any atom is -0.481 e. The van der Waals surface area contributed by atoms with E-state index in [2.05, 4.69) is 15.0 Å². The molecule has 1 amide bonds. The van der Waals surface area contributed by atoms with Crippen LogP contribution in [0.5, 0.6) is 0 Å². The van der Waals surface area contributed by atoms with E-state index < -0.39 is 23.6 Å². The number of H-pyrrole nitrogens is 1. The summed E-state index contributed by atoms with van der Waals surface area (Å²) in [6.07, 6.45) is -2.29. The lowest BCUT2D eigenvalue weighted by Gasteiger charge is -2.24. The summed E-state index contributed by atoms with van der Waals surface area (Å²) in [6, 6.07) is 10.4. The number of nitrogens with one attached hydrogen (secondary N) is 1. The molecule has 37 heavy (non-hydrogen) atoms. The molecule has 7 nitrogen and oxygen atoms in total. The van der Waals surface area contributed by atoms with Gasteiger partial charge in [-0.1, -0.05) is 12.1 Å². The molecule has 0 saturated carbocycles. The van der Waals surface area contributed by atoms with Gasteiger partial charge in [0.05, 0.1) is 28.3 Å². The number of carbonyl (C=O) groups is 2. The van der Waals surface area contributed by atoms with Gasteiger partial charge in [0, 0.05) is 17.3 Å². The first-order valence-corrected chi connectivity index (χ1v) is 11.4. The molecule has 0 unspecified atom stereocenters. The Labute approximate surface area is 211 Å². The van der Waals surface area contributed by atoms with Gasteiger partial charge in [0.15, 0.2) is 0 Å². The van der Waals surface area contributed by atoms with Crippen molar-refractivity contribution < 1.29 is 27.9 Å². The maximum atomic E-state index is 13.8. The van der Waals surface area contributed by atoms with Crippen LogP contribution in [0.2, 0.25) is 0 Å². The minimum atomic E-state index is -4.95. The van der Waals surface area contributed by atoms with Gasteiger partial charge in [-0.15, -0.1) is 13.2 Å². The van der Waals surface area contributed by atoms with E-state index in [1.807, 2.05) is 26.0 Å². The molecule has 0 saturated heterocycles. The van der Waals surface area contributed by atoms with E-state index in [4.69, 9.17) is 0 Å². The van der Waals surface area contributed by atoms with Gasteiger partial charge in [0.2, 0.25) is 0 Å². The van der Waals surface area contributed by atoms with Crippen molar-refractivity contribution >= 4 is 28.6 Å². The number of aromatic nitrogens is 3.